The van der Waals surface area contributed by atoms with Crippen molar-refractivity contribution in [3.63, 3.8) is 0 Å². The van der Waals surface area contributed by atoms with Gasteiger partial charge in [-0.1, -0.05) is 41.5 Å². The number of hydrogen-bond donors (Lipinski definition) is 2. The topological polar surface area (TPSA) is 75.3 Å². The Morgan fingerprint density at radius 2 is 1.48 bits per heavy atom. The molecule has 0 bridgehead atoms. The number of thioether (sulfide) groups is 1. The highest BCUT2D eigenvalue weighted by Crippen LogP contribution is 2.17. The molecule has 0 aromatic rings. The van der Waals surface area contributed by atoms with Gasteiger partial charge in [0.05, 0.1) is 5.25 Å². The van der Waals surface area contributed by atoms with Crippen LogP contribution in [0, 0.1) is 5.92 Å². The molecule has 0 fully saturated rings. The first-order chi connectivity index (χ1) is 11.8. The largest absolute Gasteiger partial charge is 0.355 e. The van der Waals surface area contributed by atoms with Crippen molar-refractivity contribution >= 4 is 29.4 Å². The quantitative estimate of drug-likeness (QED) is 0.608. The molecule has 2 amide bonds. The first-order valence-corrected chi connectivity index (χ1v) is 10.5. The summed E-state index contributed by atoms with van der Waals surface area (Å²) in [5.41, 5.74) is 0. The van der Waals surface area contributed by atoms with Crippen LogP contribution in [0.3, 0.4) is 0 Å². The van der Waals surface area contributed by atoms with Crippen molar-refractivity contribution in [2.45, 2.75) is 86.4 Å². The number of Topliss-reactive ketones (excluding diaryl/α,β-unsaturated/α-hetero) is 1. The zero-order chi connectivity index (χ0) is 20.4. The molecule has 0 spiro atoms. The summed E-state index contributed by atoms with van der Waals surface area (Å²) in [6.07, 6.45) is 0.578. The maximum Gasteiger partial charge on any atom is 0.233 e. The molecule has 0 aliphatic heterocycles. The van der Waals surface area contributed by atoms with Crippen LogP contribution in [0.5, 0.6) is 0 Å². The van der Waals surface area contributed by atoms with Crippen molar-refractivity contribution in [1.82, 2.24) is 10.6 Å². The molecule has 1 atom stereocenters. The standard InChI is InChI=1S/C15H28N2O3S.2C2H6/c1-6-16-15(20)13(9-14(19)17-11(4)5)21-8-7-12(18)10(2)3;2*1-2/h10-11,13H,6-9H2,1-5H3,(H,16,20)(H,17,19);2*1-2H3. The van der Waals surface area contributed by atoms with Gasteiger partial charge in [0.15, 0.2) is 0 Å². The number of carbonyl (C=O) groups is 3. The van der Waals surface area contributed by atoms with Crippen LogP contribution in [0.25, 0.3) is 0 Å². The lowest BCUT2D eigenvalue weighted by Crippen LogP contribution is -2.38. The fourth-order valence-corrected chi connectivity index (χ4v) is 2.76. The van der Waals surface area contributed by atoms with Gasteiger partial charge < -0.3 is 10.6 Å². The van der Waals surface area contributed by atoms with Crippen molar-refractivity contribution in [2.24, 2.45) is 5.92 Å². The molecule has 0 aliphatic rings. The molecule has 6 heteroatoms. The van der Waals surface area contributed by atoms with Crippen molar-refractivity contribution in [1.29, 1.82) is 0 Å². The van der Waals surface area contributed by atoms with Gasteiger partial charge >= 0.3 is 0 Å². The van der Waals surface area contributed by atoms with Crippen LogP contribution < -0.4 is 10.6 Å². The van der Waals surface area contributed by atoms with E-state index >= 15 is 0 Å². The molecule has 0 aliphatic carbocycles. The van der Waals surface area contributed by atoms with Gasteiger partial charge in [0.2, 0.25) is 11.8 Å². The summed E-state index contributed by atoms with van der Waals surface area (Å²) in [6, 6.07) is 0.0555. The first kappa shape index (κ1) is 28.8. The highest BCUT2D eigenvalue weighted by Gasteiger charge is 2.22. The summed E-state index contributed by atoms with van der Waals surface area (Å²) in [4.78, 5) is 35.4. The molecule has 150 valence electrons. The summed E-state index contributed by atoms with van der Waals surface area (Å²) < 4.78 is 0. The third-order valence-electron chi connectivity index (χ3n) is 2.78. The van der Waals surface area contributed by atoms with Gasteiger partial charge in [0.25, 0.3) is 0 Å². The van der Waals surface area contributed by atoms with Gasteiger partial charge in [-0.15, -0.1) is 11.8 Å². The van der Waals surface area contributed by atoms with Crippen LogP contribution in [0.2, 0.25) is 0 Å². The van der Waals surface area contributed by atoms with Crippen LogP contribution in [0.4, 0.5) is 0 Å². The minimum atomic E-state index is -0.441. The van der Waals surface area contributed by atoms with Gasteiger partial charge in [-0.25, -0.2) is 0 Å². The number of hydrogen-bond acceptors (Lipinski definition) is 4. The summed E-state index contributed by atoms with van der Waals surface area (Å²) in [7, 11) is 0. The molecule has 2 N–H and O–H groups in total. The summed E-state index contributed by atoms with van der Waals surface area (Å²) in [6.45, 7) is 17.9. The smallest absolute Gasteiger partial charge is 0.233 e. The Balaban J connectivity index is -0.00000112. The molecule has 0 aromatic heterocycles. The fraction of sp³-hybridized carbons (Fsp3) is 0.842. The molecular formula is C19H40N2O3S. The average Bonchev–Trinajstić information content (AvgIpc) is 2.56. The minimum Gasteiger partial charge on any atom is -0.355 e. The zero-order valence-electron chi connectivity index (χ0n) is 17.7. The fourth-order valence-electron chi connectivity index (χ4n) is 1.66. The molecule has 25 heavy (non-hydrogen) atoms. The Morgan fingerprint density at radius 1 is 0.960 bits per heavy atom. The molecule has 0 aromatic carbocycles. The number of nitrogens with one attached hydrogen (secondary N) is 2. The molecule has 5 nitrogen and oxygen atoms in total. The van der Waals surface area contributed by atoms with Crippen molar-refractivity contribution in [3.8, 4) is 0 Å². The van der Waals surface area contributed by atoms with E-state index in [0.29, 0.717) is 18.7 Å². The number of rotatable bonds is 10. The van der Waals surface area contributed by atoms with Gasteiger partial charge in [0.1, 0.15) is 5.78 Å². The van der Waals surface area contributed by atoms with Gasteiger partial charge in [-0.05, 0) is 20.8 Å². The molecular weight excluding hydrogens is 336 g/mol. The molecule has 1 unspecified atom stereocenters. The third-order valence-corrected chi connectivity index (χ3v) is 4.00. The van der Waals surface area contributed by atoms with Gasteiger partial charge in [-0.2, -0.15) is 0 Å². The lowest BCUT2D eigenvalue weighted by molar-refractivity contribution is -0.126. The predicted octanol–water partition coefficient (Wildman–Crippen LogP) is 3.81. The van der Waals surface area contributed by atoms with E-state index in [2.05, 4.69) is 10.6 Å². The second-order valence-corrected chi connectivity index (χ2v) is 6.86. The second-order valence-electron chi connectivity index (χ2n) is 5.55. The second kappa shape index (κ2) is 19.3. The summed E-state index contributed by atoms with van der Waals surface area (Å²) >= 11 is 1.38. The van der Waals surface area contributed by atoms with Crippen LogP contribution in [0.1, 0.15) is 75.2 Å². The van der Waals surface area contributed by atoms with E-state index in [0.717, 1.165) is 0 Å². The molecule has 0 radical (unpaired) electrons. The number of amides is 2. The summed E-state index contributed by atoms with van der Waals surface area (Å²) in [5, 5.41) is 5.09. The van der Waals surface area contributed by atoms with E-state index in [9.17, 15) is 14.4 Å². The van der Waals surface area contributed by atoms with E-state index in [1.165, 1.54) is 11.8 Å². The van der Waals surface area contributed by atoms with Gasteiger partial charge in [-0.3, -0.25) is 14.4 Å². The SMILES string of the molecule is CC.CC.CCNC(=O)C(CC(=O)NC(C)C)SCCC(=O)C(C)C. The molecule has 0 heterocycles. The highest BCUT2D eigenvalue weighted by atomic mass is 32.2. The van der Waals surface area contributed by atoms with E-state index < -0.39 is 5.25 Å². The Hall–Kier alpha value is -1.04. The maximum atomic E-state index is 12.0. The maximum absolute atomic E-state index is 12.0. The number of ketones is 1. The molecule has 0 saturated carbocycles. The number of carbonyl (C=O) groups excluding carboxylic acids is 3. The van der Waals surface area contributed by atoms with Crippen LogP contribution in [-0.4, -0.2) is 41.2 Å². The summed E-state index contributed by atoms with van der Waals surface area (Å²) in [5.74, 6) is 0.484. The first-order valence-electron chi connectivity index (χ1n) is 9.49. The van der Waals surface area contributed by atoms with Gasteiger partial charge in [0, 0.05) is 37.1 Å². The monoisotopic (exact) mass is 376 g/mol. The average molecular weight is 377 g/mol. The minimum absolute atomic E-state index is 0.0118. The predicted molar refractivity (Wildman–Crippen MR) is 110 cm³/mol. The normalized spacial score (nSPS) is 10.8. The zero-order valence-corrected chi connectivity index (χ0v) is 18.5. The van der Waals surface area contributed by atoms with Crippen LogP contribution in [-0.2, 0) is 14.4 Å². The van der Waals surface area contributed by atoms with Crippen molar-refractivity contribution in [3.05, 3.63) is 0 Å². The van der Waals surface area contributed by atoms with E-state index in [1.807, 2.05) is 62.3 Å². The third kappa shape index (κ3) is 17.6. The molecule has 0 saturated heterocycles. The Morgan fingerprint density at radius 3 is 1.88 bits per heavy atom. The van der Waals surface area contributed by atoms with E-state index in [4.69, 9.17) is 0 Å². The molecule has 0 rings (SSSR count). The highest BCUT2D eigenvalue weighted by molar-refractivity contribution is 8.00. The Labute approximate surface area is 159 Å². The Bertz CT molecular complexity index is 359. The van der Waals surface area contributed by atoms with E-state index in [-0.39, 0.29) is 36.0 Å². The lowest BCUT2D eigenvalue weighted by Gasteiger charge is -2.17. The van der Waals surface area contributed by atoms with Crippen LogP contribution in [0.15, 0.2) is 0 Å². The Kier molecular flexibility index (Phi) is 22.2. The van der Waals surface area contributed by atoms with Crippen molar-refractivity contribution in [2.75, 3.05) is 12.3 Å². The lowest BCUT2D eigenvalue weighted by atomic mass is 10.1. The van der Waals surface area contributed by atoms with Crippen LogP contribution >= 0.6 is 11.8 Å². The van der Waals surface area contributed by atoms with Crippen molar-refractivity contribution < 1.29 is 14.4 Å². The van der Waals surface area contributed by atoms with E-state index in [1.54, 1.807) is 0 Å².